The van der Waals surface area contributed by atoms with Gasteiger partial charge in [0.05, 0.1) is 45.2 Å². The molecule has 0 radical (unpaired) electrons. The van der Waals surface area contributed by atoms with E-state index in [0.717, 1.165) is 56.4 Å². The Hall–Kier alpha value is -3.15. The molecule has 14 heteroatoms. The number of nitriles is 1. The molecular formula is C41H45Cl2F3N6O3. The van der Waals surface area contributed by atoms with Gasteiger partial charge in [-0.15, -0.1) is 0 Å². The maximum absolute atomic E-state index is 17.6. The molecule has 4 aliphatic heterocycles. The highest BCUT2D eigenvalue weighted by Crippen LogP contribution is 2.52. The first-order valence-corrected chi connectivity index (χ1v) is 20.3. The Kier molecular flexibility index (Phi) is 9.97. The highest BCUT2D eigenvalue weighted by molar-refractivity contribution is 6.43. The van der Waals surface area contributed by atoms with E-state index in [4.69, 9.17) is 37.7 Å². The molecule has 0 spiro atoms. The van der Waals surface area contributed by atoms with Crippen LogP contribution in [0.4, 0.5) is 13.2 Å². The van der Waals surface area contributed by atoms with Crippen LogP contribution in [0.15, 0.2) is 30.3 Å². The molecule has 4 saturated heterocycles. The summed E-state index contributed by atoms with van der Waals surface area (Å²) in [4.78, 5) is 9.21. The Balaban J connectivity index is 1.32. The molecule has 2 aromatic heterocycles. The summed E-state index contributed by atoms with van der Waals surface area (Å²) in [5.74, 6) is 0.0515. The van der Waals surface area contributed by atoms with Crippen LogP contribution < -0.4 is 10.1 Å². The monoisotopic (exact) mass is 796 g/mol. The fourth-order valence-corrected chi connectivity index (χ4v) is 10.5. The van der Waals surface area contributed by atoms with Gasteiger partial charge in [0.15, 0.2) is 5.82 Å². The number of rotatable bonds is 12. The predicted octanol–water partition coefficient (Wildman–Crippen LogP) is 8.24. The number of pyridine rings is 1. The minimum atomic E-state index is -2.94. The van der Waals surface area contributed by atoms with Gasteiger partial charge in [-0.2, -0.15) is 14.0 Å². The lowest BCUT2D eigenvalue weighted by Gasteiger charge is -2.40. The largest absolute Gasteiger partial charge is 0.472 e. The third-order valence-electron chi connectivity index (χ3n) is 12.9. The molecule has 2 saturated carbocycles. The van der Waals surface area contributed by atoms with Crippen LogP contribution >= 0.6 is 23.2 Å². The molecule has 292 valence electrons. The van der Waals surface area contributed by atoms with Crippen LogP contribution in [-0.2, 0) is 11.2 Å². The van der Waals surface area contributed by atoms with Crippen molar-refractivity contribution in [2.45, 2.75) is 108 Å². The maximum Gasteiger partial charge on any atom is 0.345 e. The van der Waals surface area contributed by atoms with Crippen LogP contribution in [-0.4, -0.2) is 88.3 Å². The van der Waals surface area contributed by atoms with Crippen LogP contribution in [0.1, 0.15) is 75.2 Å². The minimum absolute atomic E-state index is 0.00741. The van der Waals surface area contributed by atoms with Crippen LogP contribution in [0.25, 0.3) is 32.9 Å². The molecule has 6 aliphatic rings. The number of nitrogens with zero attached hydrogens (tertiary/aromatic N) is 5. The highest BCUT2D eigenvalue weighted by Gasteiger charge is 2.51. The van der Waals surface area contributed by atoms with Gasteiger partial charge in [-0.1, -0.05) is 35.3 Å². The Labute approximate surface area is 328 Å². The van der Waals surface area contributed by atoms with Gasteiger partial charge in [-0.25, -0.2) is 9.37 Å². The van der Waals surface area contributed by atoms with E-state index in [1.807, 2.05) is 24.0 Å². The molecule has 2 aliphatic carbocycles. The topological polar surface area (TPSA) is 98.8 Å². The second-order valence-corrected chi connectivity index (χ2v) is 17.0. The number of benzene rings is 2. The van der Waals surface area contributed by atoms with Gasteiger partial charge in [-0.3, -0.25) is 9.80 Å². The second kappa shape index (κ2) is 14.7. The number of hydrogen-bond donors (Lipinski definition) is 2. The maximum atomic E-state index is 17.6. The van der Waals surface area contributed by atoms with Gasteiger partial charge >= 0.3 is 6.61 Å². The van der Waals surface area contributed by atoms with Gasteiger partial charge in [0, 0.05) is 53.8 Å². The highest BCUT2D eigenvalue weighted by atomic mass is 35.5. The number of ether oxygens (including phenoxy) is 2. The number of nitrogens with one attached hydrogen (secondary N) is 1. The molecule has 8 atom stereocenters. The molecule has 2 N–H and O–H groups in total. The van der Waals surface area contributed by atoms with E-state index < -0.39 is 30.8 Å². The van der Waals surface area contributed by atoms with E-state index >= 15 is 4.39 Å². The lowest BCUT2D eigenvalue weighted by Crippen LogP contribution is -2.42. The number of hydrogen-bond acceptors (Lipinski definition) is 8. The number of aromatic nitrogens is 2. The van der Waals surface area contributed by atoms with Gasteiger partial charge in [0.25, 0.3) is 0 Å². The zero-order chi connectivity index (χ0) is 38.3. The zero-order valence-corrected chi connectivity index (χ0v) is 32.3. The van der Waals surface area contributed by atoms with Crippen molar-refractivity contribution in [2.75, 3.05) is 26.7 Å². The van der Waals surface area contributed by atoms with Crippen molar-refractivity contribution in [1.82, 2.24) is 24.7 Å². The molecule has 10 rings (SSSR count). The van der Waals surface area contributed by atoms with Gasteiger partial charge < -0.3 is 24.5 Å². The first kappa shape index (κ1) is 37.4. The summed E-state index contributed by atoms with van der Waals surface area (Å²) in [5, 5.41) is 26.7. The number of alkyl halides is 2. The molecule has 6 heterocycles. The number of aliphatic hydroxyl groups is 1. The van der Waals surface area contributed by atoms with E-state index in [1.165, 1.54) is 0 Å². The molecule has 2 bridgehead atoms. The van der Waals surface area contributed by atoms with E-state index in [-0.39, 0.29) is 83.0 Å². The molecular weight excluding hydrogens is 752 g/mol. The number of likely N-dealkylation sites (tertiary alicyclic amines) is 2. The second-order valence-electron chi connectivity index (χ2n) is 16.2. The van der Waals surface area contributed by atoms with Crippen molar-refractivity contribution < 1.29 is 27.8 Å². The first-order valence-electron chi connectivity index (χ1n) is 19.5. The van der Waals surface area contributed by atoms with Crippen molar-refractivity contribution in [3.63, 3.8) is 0 Å². The zero-order valence-electron chi connectivity index (χ0n) is 30.8. The summed E-state index contributed by atoms with van der Waals surface area (Å²) < 4.78 is 59.3. The summed E-state index contributed by atoms with van der Waals surface area (Å²) in [7, 11) is 2.08. The summed E-state index contributed by atoms with van der Waals surface area (Å²) in [5.41, 5.74) is 2.92. The first-order chi connectivity index (χ1) is 26.5. The number of likely N-dealkylation sites (N-methyl/N-ethyl adjacent to an activating group) is 1. The Morgan fingerprint density at radius 2 is 1.96 bits per heavy atom. The average molecular weight is 798 g/mol. The van der Waals surface area contributed by atoms with Gasteiger partial charge in [0.2, 0.25) is 5.88 Å². The molecule has 0 amide bonds. The van der Waals surface area contributed by atoms with Crippen molar-refractivity contribution in [3.8, 4) is 23.1 Å². The molecule has 1 unspecified atom stereocenters. The number of aryl methyl sites for hydroxylation is 1. The minimum Gasteiger partial charge on any atom is -0.472 e. The van der Waals surface area contributed by atoms with Crippen molar-refractivity contribution in [2.24, 2.45) is 11.8 Å². The van der Waals surface area contributed by atoms with Gasteiger partial charge in [0.1, 0.15) is 17.8 Å². The summed E-state index contributed by atoms with van der Waals surface area (Å²) >= 11 is 13.2. The quantitative estimate of drug-likeness (QED) is 0.148. The van der Waals surface area contributed by atoms with Crippen LogP contribution in [0.2, 0.25) is 10.0 Å². The summed E-state index contributed by atoms with van der Waals surface area (Å²) in [6, 6.07) is 11.1. The fourth-order valence-electron chi connectivity index (χ4n) is 10.1. The molecule has 4 aromatic rings. The van der Waals surface area contributed by atoms with Crippen molar-refractivity contribution in [1.29, 1.82) is 5.26 Å². The third-order valence-corrected chi connectivity index (χ3v) is 13.8. The smallest absolute Gasteiger partial charge is 0.345 e. The van der Waals surface area contributed by atoms with E-state index in [2.05, 4.69) is 27.9 Å². The standard InChI is InChI=1S/C41H45Cl2F3N6O3/c1-20(30-9-5-13-50(30)2)54-39-27-17-32(31-16-24(55-41(45)46)19-51(31)40(53)21-10-11-21)52(37-23-15-29(37)48-18-23)38(27)26-14-22(6-4-12-47)33(35(44)36(26)49-39)25-7-3-8-28(42)34(25)43/h3,7-8,14,17,20-21,23-24,29-31,37,40-41,48,53H,4-6,9-11,13,15-16,18-19H2,1-2H3/t20-,23+,24-,29+,30-,31+,37-,40?/m0/s1. The van der Waals surface area contributed by atoms with E-state index in [0.29, 0.717) is 27.8 Å². The SMILES string of the molecule is C[C@H](Oc1nc2c(F)c(-c3cccc(Cl)c3Cl)c(CCC#N)cc2c2c1cc([C@H]1C[C@H](OC(F)F)CN1C(O)C1CC1)n2[C@H]1[C@H]2CN[C@@H]1C2)[C@@H]1CCCN1C. The lowest BCUT2D eigenvalue weighted by atomic mass is 9.79. The van der Waals surface area contributed by atoms with E-state index in [9.17, 15) is 19.1 Å². The van der Waals surface area contributed by atoms with Crippen LogP contribution in [0.5, 0.6) is 5.88 Å². The fraction of sp³-hybridized carbons (Fsp3) is 0.561. The third kappa shape index (κ3) is 6.48. The van der Waals surface area contributed by atoms with Gasteiger partial charge in [-0.05, 0) is 101 Å². The number of halogens is 5. The Bertz CT molecular complexity index is 2160. The summed E-state index contributed by atoms with van der Waals surface area (Å²) in [6.45, 7) is 1.01. The average Bonchev–Trinajstić information content (AvgIpc) is 3.58. The van der Waals surface area contributed by atoms with Crippen LogP contribution in [0.3, 0.4) is 0 Å². The van der Waals surface area contributed by atoms with Crippen LogP contribution in [0, 0.1) is 29.0 Å². The normalized spacial score (nSPS) is 28.0. The number of aliphatic hydroxyl groups excluding tert-OH is 1. The van der Waals surface area contributed by atoms with Crippen molar-refractivity contribution >= 4 is 45.0 Å². The van der Waals surface area contributed by atoms with E-state index in [1.54, 1.807) is 18.2 Å². The summed E-state index contributed by atoms with van der Waals surface area (Å²) in [6.07, 6.45) is 3.48. The molecule has 55 heavy (non-hydrogen) atoms. The number of fused-ring (bicyclic) bond motifs is 4. The Morgan fingerprint density at radius 3 is 2.64 bits per heavy atom. The molecule has 6 fully saturated rings. The van der Waals surface area contributed by atoms with Crippen molar-refractivity contribution in [3.05, 3.63) is 57.5 Å². The lowest BCUT2D eigenvalue weighted by molar-refractivity contribution is -0.161. The molecule has 2 aromatic carbocycles. The molecule has 9 nitrogen and oxygen atoms in total. The Morgan fingerprint density at radius 1 is 1.15 bits per heavy atom. The predicted molar refractivity (Wildman–Crippen MR) is 205 cm³/mol.